The van der Waals surface area contributed by atoms with Gasteiger partial charge >= 0.3 is 0 Å². The smallest absolute Gasteiger partial charge is 0.220 e. The van der Waals surface area contributed by atoms with Gasteiger partial charge in [0.1, 0.15) is 0 Å². The number of hydrogen-bond donors (Lipinski definition) is 2. The Bertz CT molecular complexity index is 411. The number of nitrogens with one attached hydrogen (secondary N) is 2. The molecular formula is C20H37N3O2. The molecule has 25 heavy (non-hydrogen) atoms. The van der Waals surface area contributed by atoms with Crippen LogP contribution in [-0.2, 0) is 9.53 Å². The molecule has 2 saturated heterocycles. The van der Waals surface area contributed by atoms with Gasteiger partial charge in [-0.2, -0.15) is 0 Å². The zero-order chi connectivity index (χ0) is 17.5. The highest BCUT2D eigenvalue weighted by atomic mass is 16.5. The summed E-state index contributed by atoms with van der Waals surface area (Å²) in [7, 11) is 0. The topological polar surface area (TPSA) is 53.6 Å². The summed E-state index contributed by atoms with van der Waals surface area (Å²) in [6.07, 6.45) is 9.47. The van der Waals surface area contributed by atoms with E-state index in [4.69, 9.17) is 4.74 Å². The first-order valence-electron chi connectivity index (χ1n) is 10.5. The Morgan fingerprint density at radius 2 is 1.88 bits per heavy atom. The second-order valence-electron chi connectivity index (χ2n) is 8.43. The first-order chi connectivity index (χ1) is 12.2. The molecule has 0 bridgehead atoms. The second kappa shape index (κ2) is 9.33. The van der Waals surface area contributed by atoms with Crippen LogP contribution in [0.4, 0.5) is 0 Å². The lowest BCUT2D eigenvalue weighted by Gasteiger charge is -2.48. The van der Waals surface area contributed by atoms with Crippen LogP contribution in [0.1, 0.15) is 58.3 Å². The molecule has 1 saturated carbocycles. The SMILES string of the molecule is CC(CC(=O)NCC1(N2CCOCC2)CCCCC1)C1CCNCC1. The van der Waals surface area contributed by atoms with Crippen molar-refractivity contribution in [2.75, 3.05) is 45.9 Å². The lowest BCUT2D eigenvalue weighted by molar-refractivity contribution is -0.123. The fraction of sp³-hybridized carbons (Fsp3) is 0.950. The fourth-order valence-corrected chi connectivity index (χ4v) is 5.06. The molecule has 0 aromatic rings. The second-order valence-corrected chi connectivity index (χ2v) is 8.43. The van der Waals surface area contributed by atoms with E-state index in [-0.39, 0.29) is 11.4 Å². The van der Waals surface area contributed by atoms with Crippen LogP contribution in [0.25, 0.3) is 0 Å². The maximum atomic E-state index is 12.6. The van der Waals surface area contributed by atoms with Crippen LogP contribution in [0.2, 0.25) is 0 Å². The molecule has 3 fully saturated rings. The highest BCUT2D eigenvalue weighted by Crippen LogP contribution is 2.34. The van der Waals surface area contributed by atoms with Crippen LogP contribution in [0.5, 0.6) is 0 Å². The maximum absolute atomic E-state index is 12.6. The van der Waals surface area contributed by atoms with Crippen LogP contribution in [0.15, 0.2) is 0 Å². The molecule has 0 aromatic carbocycles. The lowest BCUT2D eigenvalue weighted by Crippen LogP contribution is -2.59. The van der Waals surface area contributed by atoms with Crippen LogP contribution in [0.3, 0.4) is 0 Å². The van der Waals surface area contributed by atoms with Crippen LogP contribution in [0, 0.1) is 11.8 Å². The number of nitrogens with zero attached hydrogens (tertiary/aromatic N) is 1. The van der Waals surface area contributed by atoms with E-state index in [1.165, 1.54) is 44.9 Å². The quantitative estimate of drug-likeness (QED) is 0.770. The number of ether oxygens (including phenoxy) is 1. The minimum atomic E-state index is 0.176. The highest BCUT2D eigenvalue weighted by molar-refractivity contribution is 5.76. The Labute approximate surface area is 153 Å². The van der Waals surface area contributed by atoms with Gasteiger partial charge in [0.2, 0.25) is 5.91 Å². The summed E-state index contributed by atoms with van der Waals surface area (Å²) >= 11 is 0. The van der Waals surface area contributed by atoms with Crippen molar-refractivity contribution >= 4 is 5.91 Å². The van der Waals surface area contributed by atoms with Crippen molar-refractivity contribution in [3.8, 4) is 0 Å². The molecule has 144 valence electrons. The van der Waals surface area contributed by atoms with Crippen LogP contribution < -0.4 is 10.6 Å². The summed E-state index contributed by atoms with van der Waals surface area (Å²) in [4.78, 5) is 15.2. The van der Waals surface area contributed by atoms with E-state index in [0.29, 0.717) is 18.3 Å². The molecule has 0 spiro atoms. The number of carbonyl (C=O) groups is 1. The lowest BCUT2D eigenvalue weighted by atomic mass is 9.79. The molecule has 0 radical (unpaired) electrons. The Balaban J connectivity index is 1.50. The molecule has 1 unspecified atom stereocenters. The van der Waals surface area contributed by atoms with E-state index < -0.39 is 0 Å². The van der Waals surface area contributed by atoms with Crippen molar-refractivity contribution in [3.63, 3.8) is 0 Å². The molecule has 2 heterocycles. The molecule has 3 aliphatic rings. The van der Waals surface area contributed by atoms with Crippen LogP contribution >= 0.6 is 0 Å². The van der Waals surface area contributed by atoms with E-state index in [2.05, 4.69) is 22.5 Å². The van der Waals surface area contributed by atoms with E-state index in [0.717, 1.165) is 45.9 Å². The first-order valence-corrected chi connectivity index (χ1v) is 10.5. The van der Waals surface area contributed by atoms with Crippen molar-refractivity contribution in [1.82, 2.24) is 15.5 Å². The van der Waals surface area contributed by atoms with Gasteiger partial charge in [-0.3, -0.25) is 9.69 Å². The minimum Gasteiger partial charge on any atom is -0.379 e. The number of piperidine rings is 1. The minimum absolute atomic E-state index is 0.176. The number of carbonyl (C=O) groups excluding carboxylic acids is 1. The molecule has 1 aliphatic carbocycles. The normalized spacial score (nSPS) is 26.9. The average Bonchev–Trinajstić information content (AvgIpc) is 2.68. The molecule has 2 N–H and O–H groups in total. The molecule has 1 amide bonds. The predicted molar refractivity (Wildman–Crippen MR) is 101 cm³/mol. The fourth-order valence-electron chi connectivity index (χ4n) is 5.06. The van der Waals surface area contributed by atoms with Gasteiger partial charge in [0.05, 0.1) is 13.2 Å². The predicted octanol–water partition coefficient (Wildman–Crippen LogP) is 2.16. The number of morpholine rings is 1. The van der Waals surface area contributed by atoms with Gasteiger partial charge < -0.3 is 15.4 Å². The first kappa shape index (κ1) is 19.1. The maximum Gasteiger partial charge on any atom is 0.220 e. The third-order valence-electron chi connectivity index (χ3n) is 6.78. The van der Waals surface area contributed by atoms with Crippen molar-refractivity contribution in [1.29, 1.82) is 0 Å². The van der Waals surface area contributed by atoms with Gasteiger partial charge in [0.25, 0.3) is 0 Å². The Morgan fingerprint density at radius 3 is 2.56 bits per heavy atom. The average molecular weight is 352 g/mol. The van der Waals surface area contributed by atoms with E-state index in [9.17, 15) is 4.79 Å². The van der Waals surface area contributed by atoms with Gasteiger partial charge in [-0.1, -0.05) is 26.2 Å². The van der Waals surface area contributed by atoms with E-state index >= 15 is 0 Å². The third kappa shape index (κ3) is 5.18. The van der Waals surface area contributed by atoms with Gasteiger partial charge in [-0.15, -0.1) is 0 Å². The van der Waals surface area contributed by atoms with Gasteiger partial charge in [-0.05, 0) is 50.6 Å². The van der Waals surface area contributed by atoms with Gasteiger partial charge in [0, 0.05) is 31.6 Å². The van der Waals surface area contributed by atoms with Crippen molar-refractivity contribution in [2.24, 2.45) is 11.8 Å². The zero-order valence-electron chi connectivity index (χ0n) is 16.0. The van der Waals surface area contributed by atoms with Crippen molar-refractivity contribution in [3.05, 3.63) is 0 Å². The van der Waals surface area contributed by atoms with Crippen molar-refractivity contribution in [2.45, 2.75) is 63.8 Å². The molecule has 3 rings (SSSR count). The van der Waals surface area contributed by atoms with E-state index in [1.54, 1.807) is 0 Å². The summed E-state index contributed by atoms with van der Waals surface area (Å²) in [6, 6.07) is 0. The number of hydrogen-bond acceptors (Lipinski definition) is 4. The zero-order valence-corrected chi connectivity index (χ0v) is 16.0. The molecule has 2 aliphatic heterocycles. The molecule has 5 nitrogen and oxygen atoms in total. The number of amides is 1. The molecular weight excluding hydrogens is 314 g/mol. The third-order valence-corrected chi connectivity index (χ3v) is 6.78. The number of rotatable bonds is 6. The molecule has 5 heteroatoms. The standard InChI is InChI=1S/C20H37N3O2/c1-17(18-5-9-21-10-6-18)15-19(24)22-16-20(7-3-2-4-8-20)23-11-13-25-14-12-23/h17-18,21H,2-16H2,1H3,(H,22,24). The Hall–Kier alpha value is -0.650. The van der Waals surface area contributed by atoms with Crippen LogP contribution in [-0.4, -0.2) is 62.3 Å². The van der Waals surface area contributed by atoms with Gasteiger partial charge in [0.15, 0.2) is 0 Å². The summed E-state index contributed by atoms with van der Waals surface area (Å²) in [6.45, 7) is 9.00. The monoisotopic (exact) mass is 351 g/mol. The largest absolute Gasteiger partial charge is 0.379 e. The summed E-state index contributed by atoms with van der Waals surface area (Å²) in [5.74, 6) is 1.45. The summed E-state index contributed by atoms with van der Waals surface area (Å²) in [5.41, 5.74) is 0.176. The Kier molecular flexibility index (Phi) is 7.14. The van der Waals surface area contributed by atoms with Crippen molar-refractivity contribution < 1.29 is 9.53 Å². The molecule has 1 atom stereocenters. The van der Waals surface area contributed by atoms with E-state index in [1.807, 2.05) is 0 Å². The Morgan fingerprint density at radius 1 is 1.20 bits per heavy atom. The summed E-state index contributed by atoms with van der Waals surface area (Å²) in [5, 5.41) is 6.74. The molecule has 0 aromatic heterocycles. The summed E-state index contributed by atoms with van der Waals surface area (Å²) < 4.78 is 5.55. The van der Waals surface area contributed by atoms with Gasteiger partial charge in [-0.25, -0.2) is 0 Å². The highest BCUT2D eigenvalue weighted by Gasteiger charge is 2.38.